The summed E-state index contributed by atoms with van der Waals surface area (Å²) >= 11 is 0. The molecule has 0 saturated carbocycles. The van der Waals surface area contributed by atoms with Crippen LogP contribution in [0.2, 0.25) is 0 Å². The first-order valence-electron chi connectivity index (χ1n) is 9.52. The van der Waals surface area contributed by atoms with Crippen LogP contribution in [0.3, 0.4) is 0 Å². The largest absolute Gasteiger partial charge is 0.444 e. The number of carbonyl (C=O) groups excluding carboxylic acids is 3. The fraction of sp³-hybridized carbons (Fsp3) is 0.318. The molecular weight excluding hydrogens is 389 g/mol. The predicted octanol–water partition coefficient (Wildman–Crippen LogP) is 3.61. The summed E-state index contributed by atoms with van der Waals surface area (Å²) in [6, 6.07) is 12.4. The molecule has 7 nitrogen and oxygen atoms in total. The second-order valence-corrected chi connectivity index (χ2v) is 7.62. The molecule has 0 aliphatic carbocycles. The second kappa shape index (κ2) is 10.4. The van der Waals surface area contributed by atoms with Gasteiger partial charge in [0.05, 0.1) is 0 Å². The molecule has 2 aromatic carbocycles. The molecule has 0 atom stereocenters. The zero-order chi connectivity index (χ0) is 22.1. The number of alkyl carbamates (subject to hydrolysis) is 1. The van der Waals surface area contributed by atoms with E-state index in [2.05, 4.69) is 16.0 Å². The van der Waals surface area contributed by atoms with Gasteiger partial charge >= 0.3 is 6.09 Å². The zero-order valence-electron chi connectivity index (χ0n) is 17.3. The molecule has 0 saturated heterocycles. The van der Waals surface area contributed by atoms with Gasteiger partial charge in [0.1, 0.15) is 11.4 Å². The average molecular weight is 415 g/mol. The number of halogens is 1. The molecule has 0 fully saturated rings. The first-order valence-corrected chi connectivity index (χ1v) is 9.52. The number of carbonyl (C=O) groups is 3. The maximum atomic E-state index is 13.2. The number of rotatable bonds is 7. The third-order valence-electron chi connectivity index (χ3n) is 3.80. The zero-order valence-corrected chi connectivity index (χ0v) is 17.3. The molecule has 2 rings (SSSR count). The Kier molecular flexibility index (Phi) is 7.91. The van der Waals surface area contributed by atoms with Gasteiger partial charge in [-0.2, -0.15) is 0 Å². The van der Waals surface area contributed by atoms with Crippen LogP contribution >= 0.6 is 0 Å². The molecule has 0 aliphatic rings. The maximum Gasteiger partial charge on any atom is 0.407 e. The van der Waals surface area contributed by atoms with E-state index in [-0.39, 0.29) is 36.9 Å². The summed E-state index contributed by atoms with van der Waals surface area (Å²) in [7, 11) is 0. The van der Waals surface area contributed by atoms with Crippen LogP contribution in [0.4, 0.5) is 14.9 Å². The molecule has 0 heterocycles. The maximum absolute atomic E-state index is 13.2. The van der Waals surface area contributed by atoms with Crippen LogP contribution in [-0.4, -0.2) is 30.1 Å². The Labute approximate surface area is 175 Å². The summed E-state index contributed by atoms with van der Waals surface area (Å²) in [5.41, 5.74) is 1.07. The number of amides is 3. The van der Waals surface area contributed by atoms with E-state index in [0.717, 1.165) is 5.56 Å². The summed E-state index contributed by atoms with van der Waals surface area (Å²) in [4.78, 5) is 35.5. The van der Waals surface area contributed by atoms with Crippen molar-refractivity contribution >= 4 is 23.6 Å². The molecule has 0 unspecified atom stereocenters. The van der Waals surface area contributed by atoms with Crippen molar-refractivity contribution in [2.45, 2.75) is 39.3 Å². The summed E-state index contributed by atoms with van der Waals surface area (Å²) < 4.78 is 18.3. The lowest BCUT2D eigenvalue weighted by atomic mass is 10.1. The van der Waals surface area contributed by atoms with Gasteiger partial charge in [-0.15, -0.1) is 0 Å². The van der Waals surface area contributed by atoms with Crippen LogP contribution in [0, 0.1) is 5.82 Å². The number of hydrogen-bond acceptors (Lipinski definition) is 4. The van der Waals surface area contributed by atoms with Gasteiger partial charge in [0.25, 0.3) is 5.91 Å². The van der Waals surface area contributed by atoms with Gasteiger partial charge in [0.2, 0.25) is 5.91 Å². The molecule has 3 amide bonds. The summed E-state index contributed by atoms with van der Waals surface area (Å²) in [5, 5.41) is 7.96. The summed E-state index contributed by atoms with van der Waals surface area (Å²) in [5.74, 6) is -1.09. The first kappa shape index (κ1) is 22.9. The third-order valence-corrected chi connectivity index (χ3v) is 3.80. The lowest BCUT2D eigenvalue weighted by Gasteiger charge is -2.19. The van der Waals surface area contributed by atoms with Crippen molar-refractivity contribution in [3.8, 4) is 0 Å². The van der Waals surface area contributed by atoms with Gasteiger partial charge in [0, 0.05) is 30.8 Å². The lowest BCUT2D eigenvalue weighted by Crippen LogP contribution is -2.34. The fourth-order valence-electron chi connectivity index (χ4n) is 2.44. The lowest BCUT2D eigenvalue weighted by molar-refractivity contribution is -0.116. The van der Waals surface area contributed by atoms with Crippen molar-refractivity contribution in [2.75, 3.05) is 11.9 Å². The number of benzene rings is 2. The molecular formula is C22H26FN3O4. The van der Waals surface area contributed by atoms with Gasteiger partial charge in [-0.05, 0) is 56.7 Å². The van der Waals surface area contributed by atoms with Crippen LogP contribution in [0.25, 0.3) is 0 Å². The van der Waals surface area contributed by atoms with Crippen LogP contribution in [0.5, 0.6) is 0 Å². The van der Waals surface area contributed by atoms with E-state index in [4.69, 9.17) is 4.74 Å². The Bertz CT molecular complexity index is 892. The average Bonchev–Trinajstić information content (AvgIpc) is 2.65. The van der Waals surface area contributed by atoms with E-state index in [1.165, 1.54) is 24.3 Å². The third kappa shape index (κ3) is 8.30. The van der Waals surface area contributed by atoms with Crippen molar-refractivity contribution in [1.29, 1.82) is 0 Å². The number of anilines is 1. The van der Waals surface area contributed by atoms with Crippen molar-refractivity contribution in [2.24, 2.45) is 0 Å². The second-order valence-electron chi connectivity index (χ2n) is 7.62. The smallest absolute Gasteiger partial charge is 0.407 e. The van der Waals surface area contributed by atoms with Gasteiger partial charge in [-0.25, -0.2) is 9.18 Å². The normalized spacial score (nSPS) is 10.8. The van der Waals surface area contributed by atoms with Gasteiger partial charge < -0.3 is 20.7 Å². The summed E-state index contributed by atoms with van der Waals surface area (Å²) in [6.45, 7) is 5.70. The molecule has 0 radical (unpaired) electrons. The number of nitrogens with one attached hydrogen (secondary N) is 3. The monoisotopic (exact) mass is 415 g/mol. The van der Waals surface area contributed by atoms with E-state index in [9.17, 15) is 18.8 Å². The molecule has 30 heavy (non-hydrogen) atoms. The Morgan fingerprint density at radius 2 is 1.70 bits per heavy atom. The standard InChI is InChI=1S/C22H26FN3O4/c1-22(2,3)30-21(29)24-12-11-19(27)26-18-9-7-15(8-10-18)14-25-20(28)16-5-4-6-17(23)13-16/h4-10,13H,11-12,14H2,1-3H3,(H,24,29)(H,25,28)(H,26,27). The van der Waals surface area contributed by atoms with Crippen LogP contribution in [-0.2, 0) is 16.1 Å². The molecule has 0 aromatic heterocycles. The van der Waals surface area contributed by atoms with Gasteiger partial charge in [-0.3, -0.25) is 9.59 Å². The first-order chi connectivity index (χ1) is 14.1. The predicted molar refractivity (Wildman–Crippen MR) is 111 cm³/mol. The van der Waals surface area contributed by atoms with Crippen LogP contribution in [0.15, 0.2) is 48.5 Å². The number of ether oxygens (including phenoxy) is 1. The minimum absolute atomic E-state index is 0.102. The Morgan fingerprint density at radius 3 is 2.33 bits per heavy atom. The van der Waals surface area contributed by atoms with E-state index in [1.807, 2.05) is 0 Å². The summed E-state index contributed by atoms with van der Waals surface area (Å²) in [6.07, 6.45) is -0.468. The van der Waals surface area contributed by atoms with E-state index in [0.29, 0.717) is 5.69 Å². The molecule has 2 aromatic rings. The molecule has 0 aliphatic heterocycles. The van der Waals surface area contributed by atoms with Crippen molar-refractivity contribution in [3.63, 3.8) is 0 Å². The van der Waals surface area contributed by atoms with Crippen molar-refractivity contribution in [1.82, 2.24) is 10.6 Å². The molecule has 3 N–H and O–H groups in total. The minimum atomic E-state index is -0.592. The Morgan fingerprint density at radius 1 is 1.00 bits per heavy atom. The van der Waals surface area contributed by atoms with Crippen LogP contribution < -0.4 is 16.0 Å². The highest BCUT2D eigenvalue weighted by molar-refractivity contribution is 5.94. The molecule has 0 spiro atoms. The van der Waals surface area contributed by atoms with Crippen LogP contribution in [0.1, 0.15) is 43.1 Å². The van der Waals surface area contributed by atoms with Crippen molar-refractivity contribution < 1.29 is 23.5 Å². The topological polar surface area (TPSA) is 96.5 Å². The quantitative estimate of drug-likeness (QED) is 0.644. The van der Waals surface area contributed by atoms with E-state index < -0.39 is 17.5 Å². The highest BCUT2D eigenvalue weighted by Crippen LogP contribution is 2.11. The molecule has 8 heteroatoms. The highest BCUT2D eigenvalue weighted by Gasteiger charge is 2.16. The van der Waals surface area contributed by atoms with E-state index in [1.54, 1.807) is 45.0 Å². The fourth-order valence-corrected chi connectivity index (χ4v) is 2.44. The van der Waals surface area contributed by atoms with Gasteiger partial charge in [0.15, 0.2) is 0 Å². The van der Waals surface area contributed by atoms with Crippen molar-refractivity contribution in [3.05, 3.63) is 65.5 Å². The minimum Gasteiger partial charge on any atom is -0.444 e. The SMILES string of the molecule is CC(C)(C)OC(=O)NCCC(=O)Nc1ccc(CNC(=O)c2cccc(F)c2)cc1. The number of hydrogen-bond donors (Lipinski definition) is 3. The Balaban J connectivity index is 1.74. The van der Waals surface area contributed by atoms with E-state index >= 15 is 0 Å². The molecule has 0 bridgehead atoms. The van der Waals surface area contributed by atoms with Gasteiger partial charge in [-0.1, -0.05) is 18.2 Å². The highest BCUT2D eigenvalue weighted by atomic mass is 19.1. The molecule has 160 valence electrons. The Hall–Kier alpha value is -3.42.